The van der Waals surface area contributed by atoms with E-state index in [0.29, 0.717) is 32.7 Å². The minimum absolute atomic E-state index is 0.00864. The zero-order valence-electron chi connectivity index (χ0n) is 12.8. The summed E-state index contributed by atoms with van der Waals surface area (Å²) < 4.78 is 5.79. The van der Waals surface area contributed by atoms with Gasteiger partial charge in [-0.15, -0.1) is 0 Å². The summed E-state index contributed by atoms with van der Waals surface area (Å²) in [5, 5.41) is 0. The van der Waals surface area contributed by atoms with Crippen LogP contribution >= 0.6 is 0 Å². The number of hydrogen-bond acceptors (Lipinski definition) is 4. The Balaban J connectivity index is 1.62. The summed E-state index contributed by atoms with van der Waals surface area (Å²) in [4.78, 5) is 31.7. The Morgan fingerprint density at radius 1 is 1.45 bits per heavy atom. The van der Waals surface area contributed by atoms with E-state index in [1.54, 1.807) is 16.0 Å². The van der Waals surface area contributed by atoms with Crippen LogP contribution in [-0.4, -0.2) is 59.4 Å². The first-order valence-electron chi connectivity index (χ1n) is 7.73. The van der Waals surface area contributed by atoms with Gasteiger partial charge in [-0.1, -0.05) is 0 Å². The molecule has 0 radical (unpaired) electrons. The zero-order valence-corrected chi connectivity index (χ0v) is 12.8. The summed E-state index contributed by atoms with van der Waals surface area (Å²) in [6.45, 7) is 4.47. The van der Waals surface area contributed by atoms with E-state index >= 15 is 0 Å². The van der Waals surface area contributed by atoms with Crippen molar-refractivity contribution >= 4 is 11.8 Å². The fourth-order valence-corrected chi connectivity index (χ4v) is 2.98. The van der Waals surface area contributed by atoms with E-state index < -0.39 is 0 Å². The molecule has 0 aromatic carbocycles. The Kier molecular flexibility index (Phi) is 4.38. The first-order chi connectivity index (χ1) is 10.6. The Labute approximate surface area is 130 Å². The second-order valence-electron chi connectivity index (χ2n) is 5.85. The van der Waals surface area contributed by atoms with Gasteiger partial charge in [-0.2, -0.15) is 0 Å². The summed E-state index contributed by atoms with van der Waals surface area (Å²) in [6, 6.07) is 3.91. The third-order valence-corrected chi connectivity index (χ3v) is 4.21. The van der Waals surface area contributed by atoms with Crippen molar-refractivity contribution in [3.05, 3.63) is 29.6 Å². The quantitative estimate of drug-likeness (QED) is 0.833. The summed E-state index contributed by atoms with van der Waals surface area (Å²) in [6.07, 6.45) is 3.06. The first kappa shape index (κ1) is 15.0. The molecule has 0 spiro atoms. The summed E-state index contributed by atoms with van der Waals surface area (Å²) in [5.74, 6) is 0.0947. The Morgan fingerprint density at radius 3 is 3.05 bits per heavy atom. The van der Waals surface area contributed by atoms with Gasteiger partial charge in [0, 0.05) is 31.4 Å². The molecule has 2 amide bonds. The fraction of sp³-hybridized carbons (Fsp3) is 0.562. The molecule has 3 heterocycles. The Bertz CT molecular complexity index is 576. The second kappa shape index (κ2) is 6.44. The van der Waals surface area contributed by atoms with Crippen LogP contribution in [0.4, 0.5) is 0 Å². The molecule has 0 saturated carbocycles. The summed E-state index contributed by atoms with van der Waals surface area (Å²) in [7, 11) is 0. The van der Waals surface area contributed by atoms with Gasteiger partial charge in [0.1, 0.15) is 6.10 Å². The molecule has 2 aliphatic heterocycles. The number of ether oxygens (including phenoxy) is 1. The highest BCUT2D eigenvalue weighted by atomic mass is 16.5. The normalized spacial score (nSPS) is 22.2. The largest absolute Gasteiger partial charge is 0.370 e. The van der Waals surface area contributed by atoms with Crippen molar-refractivity contribution in [3.63, 3.8) is 0 Å². The number of aromatic nitrogens is 1. The molecule has 22 heavy (non-hydrogen) atoms. The number of rotatable bonds is 3. The van der Waals surface area contributed by atoms with Crippen LogP contribution in [0.15, 0.2) is 18.3 Å². The predicted molar refractivity (Wildman–Crippen MR) is 80.1 cm³/mol. The van der Waals surface area contributed by atoms with Gasteiger partial charge in [0.25, 0.3) is 0 Å². The highest BCUT2D eigenvalue weighted by molar-refractivity contribution is 5.86. The lowest BCUT2D eigenvalue weighted by Gasteiger charge is -2.34. The van der Waals surface area contributed by atoms with E-state index in [1.165, 1.54) is 0 Å². The van der Waals surface area contributed by atoms with Crippen LogP contribution in [0.5, 0.6) is 0 Å². The smallest absolute Gasteiger partial charge is 0.242 e. The van der Waals surface area contributed by atoms with Gasteiger partial charge in [-0.3, -0.25) is 14.6 Å². The highest BCUT2D eigenvalue weighted by Crippen LogP contribution is 2.22. The SMILES string of the molecule is Cc1cc(C2CN(C(=O)CN3CCCC3=O)CCO2)ccn1. The monoisotopic (exact) mass is 303 g/mol. The van der Waals surface area contributed by atoms with E-state index in [0.717, 1.165) is 17.7 Å². The molecule has 2 saturated heterocycles. The number of hydrogen-bond donors (Lipinski definition) is 0. The molecule has 0 bridgehead atoms. The number of amides is 2. The number of aryl methyl sites for hydroxylation is 1. The van der Waals surface area contributed by atoms with E-state index in [4.69, 9.17) is 4.74 Å². The lowest BCUT2D eigenvalue weighted by molar-refractivity contribution is -0.143. The molecule has 1 aromatic rings. The average Bonchev–Trinajstić information content (AvgIpc) is 2.92. The van der Waals surface area contributed by atoms with Gasteiger partial charge in [0.2, 0.25) is 11.8 Å². The Morgan fingerprint density at radius 2 is 2.32 bits per heavy atom. The molecule has 6 nitrogen and oxygen atoms in total. The fourth-order valence-electron chi connectivity index (χ4n) is 2.98. The number of morpholine rings is 1. The molecule has 2 fully saturated rings. The number of pyridine rings is 1. The van der Waals surface area contributed by atoms with E-state index in [2.05, 4.69) is 4.98 Å². The van der Waals surface area contributed by atoms with Crippen molar-refractivity contribution in [2.45, 2.75) is 25.9 Å². The molecule has 0 N–H and O–H groups in total. The van der Waals surface area contributed by atoms with Gasteiger partial charge in [0.15, 0.2) is 0 Å². The molecule has 1 aromatic heterocycles. The third kappa shape index (κ3) is 3.27. The van der Waals surface area contributed by atoms with E-state index in [9.17, 15) is 9.59 Å². The molecular weight excluding hydrogens is 282 g/mol. The van der Waals surface area contributed by atoms with Crippen LogP contribution in [0.2, 0.25) is 0 Å². The lowest BCUT2D eigenvalue weighted by atomic mass is 10.1. The molecule has 2 aliphatic rings. The number of carbonyl (C=O) groups excluding carboxylic acids is 2. The van der Waals surface area contributed by atoms with Gasteiger partial charge in [0.05, 0.1) is 19.7 Å². The van der Waals surface area contributed by atoms with Crippen molar-refractivity contribution in [2.24, 2.45) is 0 Å². The zero-order chi connectivity index (χ0) is 15.5. The van der Waals surface area contributed by atoms with Gasteiger partial charge < -0.3 is 14.5 Å². The van der Waals surface area contributed by atoms with Crippen molar-refractivity contribution < 1.29 is 14.3 Å². The van der Waals surface area contributed by atoms with Crippen molar-refractivity contribution in [1.29, 1.82) is 0 Å². The average molecular weight is 303 g/mol. The minimum Gasteiger partial charge on any atom is -0.370 e. The van der Waals surface area contributed by atoms with Crippen molar-refractivity contribution in [3.8, 4) is 0 Å². The van der Waals surface area contributed by atoms with Crippen LogP contribution in [0, 0.1) is 6.92 Å². The molecule has 1 unspecified atom stereocenters. The summed E-state index contributed by atoms with van der Waals surface area (Å²) >= 11 is 0. The summed E-state index contributed by atoms with van der Waals surface area (Å²) in [5.41, 5.74) is 1.98. The van der Waals surface area contributed by atoms with Gasteiger partial charge in [-0.05, 0) is 31.0 Å². The van der Waals surface area contributed by atoms with Crippen molar-refractivity contribution in [1.82, 2.24) is 14.8 Å². The van der Waals surface area contributed by atoms with Gasteiger partial charge >= 0.3 is 0 Å². The molecule has 6 heteroatoms. The van der Waals surface area contributed by atoms with Crippen molar-refractivity contribution in [2.75, 3.05) is 32.8 Å². The molecule has 1 atom stereocenters. The van der Waals surface area contributed by atoms with Crippen LogP contribution in [-0.2, 0) is 14.3 Å². The molecule has 3 rings (SSSR count). The standard InChI is InChI=1S/C16H21N3O3/c1-12-9-13(4-5-17-12)14-10-19(7-8-22-14)16(21)11-18-6-2-3-15(18)20/h4-5,9,14H,2-3,6-8,10-11H2,1H3. The van der Waals surface area contributed by atoms with Crippen LogP contribution < -0.4 is 0 Å². The molecule has 118 valence electrons. The van der Waals surface area contributed by atoms with Gasteiger partial charge in [-0.25, -0.2) is 0 Å². The topological polar surface area (TPSA) is 62.7 Å². The Hall–Kier alpha value is -1.95. The maximum Gasteiger partial charge on any atom is 0.242 e. The van der Waals surface area contributed by atoms with Crippen LogP contribution in [0.25, 0.3) is 0 Å². The second-order valence-corrected chi connectivity index (χ2v) is 5.85. The number of carbonyl (C=O) groups is 2. The highest BCUT2D eigenvalue weighted by Gasteiger charge is 2.29. The maximum absolute atomic E-state index is 12.4. The minimum atomic E-state index is -0.117. The predicted octanol–water partition coefficient (Wildman–Crippen LogP) is 0.912. The molecule has 0 aliphatic carbocycles. The first-order valence-corrected chi connectivity index (χ1v) is 7.73. The molecular formula is C16H21N3O3. The third-order valence-electron chi connectivity index (χ3n) is 4.21. The van der Waals surface area contributed by atoms with Crippen LogP contribution in [0.1, 0.15) is 30.2 Å². The number of likely N-dealkylation sites (tertiary alicyclic amines) is 1. The van der Waals surface area contributed by atoms with Crippen LogP contribution in [0.3, 0.4) is 0 Å². The van der Waals surface area contributed by atoms with E-state index in [-0.39, 0.29) is 24.5 Å². The maximum atomic E-state index is 12.4. The number of nitrogens with zero attached hydrogens (tertiary/aromatic N) is 3. The van der Waals surface area contributed by atoms with E-state index in [1.807, 2.05) is 19.1 Å². The lowest BCUT2D eigenvalue weighted by Crippen LogP contribution is -2.46.